The molecule has 0 aromatic rings. The van der Waals surface area contributed by atoms with Crippen LogP contribution >= 0.6 is 0 Å². The highest BCUT2D eigenvalue weighted by atomic mass is 16.4. The molecule has 1 atom stereocenters. The normalized spacial score (nSPS) is 21.6. The molecular weight excluding hydrogens is 160 g/mol. The van der Waals surface area contributed by atoms with Crippen LogP contribution in [0.15, 0.2) is 12.2 Å². The Labute approximate surface area is 69.5 Å². The van der Waals surface area contributed by atoms with E-state index in [-0.39, 0.29) is 5.92 Å². The van der Waals surface area contributed by atoms with Gasteiger partial charge in [0.05, 0.1) is 0 Å². The van der Waals surface area contributed by atoms with Crippen molar-refractivity contribution in [3.05, 3.63) is 12.2 Å². The summed E-state index contributed by atoms with van der Waals surface area (Å²) in [5.41, 5.74) is 0. The van der Waals surface area contributed by atoms with Crippen LogP contribution in [0.25, 0.3) is 0 Å². The van der Waals surface area contributed by atoms with Crippen molar-refractivity contribution in [1.82, 2.24) is 0 Å². The third kappa shape index (κ3) is 1.64. The number of rotatable bonds is 3. The second-order valence-electron chi connectivity index (χ2n) is 2.82. The number of carboxylic acid groups (broad SMARTS) is 2. The molecule has 4 nitrogen and oxygen atoms in total. The summed E-state index contributed by atoms with van der Waals surface area (Å²) in [5, 5.41) is 17.2. The fourth-order valence-electron chi connectivity index (χ4n) is 1.41. The maximum atomic E-state index is 10.5. The predicted molar refractivity (Wildman–Crippen MR) is 40.6 cm³/mol. The second kappa shape index (κ2) is 3.38. The molecule has 0 saturated carbocycles. The largest absolute Gasteiger partial charge is 0.481 e. The van der Waals surface area contributed by atoms with Gasteiger partial charge in [0, 0.05) is 5.92 Å². The molecule has 0 fully saturated rings. The Morgan fingerprint density at radius 1 is 1.33 bits per heavy atom. The third-order valence-electron chi connectivity index (χ3n) is 2.01. The SMILES string of the molecule is O=C(O)C(C(=O)O)[C@@H]1C=CCC1. The molecule has 1 aliphatic rings. The van der Waals surface area contributed by atoms with Gasteiger partial charge in [-0.2, -0.15) is 0 Å². The maximum Gasteiger partial charge on any atom is 0.318 e. The van der Waals surface area contributed by atoms with Crippen LogP contribution in [0.2, 0.25) is 0 Å². The molecule has 0 bridgehead atoms. The van der Waals surface area contributed by atoms with E-state index < -0.39 is 17.9 Å². The molecule has 0 saturated heterocycles. The number of aliphatic carboxylic acids is 2. The molecule has 0 aromatic heterocycles. The zero-order valence-electron chi connectivity index (χ0n) is 6.43. The Bertz CT molecular complexity index is 217. The fraction of sp³-hybridized carbons (Fsp3) is 0.500. The Morgan fingerprint density at radius 3 is 2.25 bits per heavy atom. The highest BCUT2D eigenvalue weighted by Crippen LogP contribution is 2.25. The lowest BCUT2D eigenvalue weighted by Crippen LogP contribution is -2.29. The average molecular weight is 170 g/mol. The van der Waals surface area contributed by atoms with Crippen LogP contribution in [0, 0.1) is 11.8 Å². The monoisotopic (exact) mass is 170 g/mol. The number of hydrogen-bond acceptors (Lipinski definition) is 2. The van der Waals surface area contributed by atoms with Crippen molar-refractivity contribution in [2.75, 3.05) is 0 Å². The van der Waals surface area contributed by atoms with E-state index in [0.29, 0.717) is 6.42 Å². The van der Waals surface area contributed by atoms with Crippen LogP contribution in [-0.2, 0) is 9.59 Å². The first kappa shape index (κ1) is 8.77. The second-order valence-corrected chi connectivity index (χ2v) is 2.82. The van der Waals surface area contributed by atoms with Crippen LogP contribution in [-0.4, -0.2) is 22.2 Å². The molecule has 1 aliphatic carbocycles. The third-order valence-corrected chi connectivity index (χ3v) is 2.01. The molecule has 0 spiro atoms. The van der Waals surface area contributed by atoms with Gasteiger partial charge in [-0.25, -0.2) is 0 Å². The van der Waals surface area contributed by atoms with Crippen molar-refractivity contribution < 1.29 is 19.8 Å². The molecule has 1 rings (SSSR count). The van der Waals surface area contributed by atoms with Gasteiger partial charge in [0.15, 0.2) is 5.92 Å². The van der Waals surface area contributed by atoms with Gasteiger partial charge in [-0.15, -0.1) is 0 Å². The van der Waals surface area contributed by atoms with E-state index in [1.54, 1.807) is 6.08 Å². The molecule has 0 unspecified atom stereocenters. The van der Waals surface area contributed by atoms with Crippen LogP contribution in [0.4, 0.5) is 0 Å². The van der Waals surface area contributed by atoms with Gasteiger partial charge in [0.1, 0.15) is 0 Å². The molecule has 0 aromatic carbocycles. The molecule has 0 aliphatic heterocycles. The van der Waals surface area contributed by atoms with Crippen molar-refractivity contribution in [1.29, 1.82) is 0 Å². The minimum absolute atomic E-state index is 0.333. The topological polar surface area (TPSA) is 74.6 Å². The predicted octanol–water partition coefficient (Wildman–Crippen LogP) is 0.738. The molecule has 0 radical (unpaired) electrons. The maximum absolute atomic E-state index is 10.5. The highest BCUT2D eigenvalue weighted by molar-refractivity contribution is 5.93. The van der Waals surface area contributed by atoms with E-state index in [4.69, 9.17) is 10.2 Å². The minimum atomic E-state index is -1.27. The van der Waals surface area contributed by atoms with Crippen LogP contribution in [0.1, 0.15) is 12.8 Å². The van der Waals surface area contributed by atoms with E-state index >= 15 is 0 Å². The number of carbonyl (C=O) groups is 2. The number of allylic oxidation sites excluding steroid dienone is 2. The molecule has 4 heteroatoms. The zero-order valence-corrected chi connectivity index (χ0v) is 6.43. The van der Waals surface area contributed by atoms with E-state index in [1.807, 2.05) is 6.08 Å². The quantitative estimate of drug-likeness (QED) is 0.484. The molecule has 0 heterocycles. The van der Waals surface area contributed by atoms with Gasteiger partial charge in [0.25, 0.3) is 0 Å². The van der Waals surface area contributed by atoms with E-state index in [9.17, 15) is 9.59 Å². The Balaban J connectivity index is 2.71. The lowest BCUT2D eigenvalue weighted by Gasteiger charge is -2.12. The summed E-state index contributed by atoms with van der Waals surface area (Å²) >= 11 is 0. The molecule has 66 valence electrons. The molecule has 12 heavy (non-hydrogen) atoms. The Morgan fingerprint density at radius 2 is 1.92 bits per heavy atom. The highest BCUT2D eigenvalue weighted by Gasteiger charge is 2.34. The summed E-state index contributed by atoms with van der Waals surface area (Å²) in [6, 6.07) is 0. The summed E-state index contributed by atoms with van der Waals surface area (Å²) in [5.74, 6) is -4.11. The first-order valence-electron chi connectivity index (χ1n) is 3.75. The van der Waals surface area contributed by atoms with Crippen LogP contribution < -0.4 is 0 Å². The van der Waals surface area contributed by atoms with Crippen molar-refractivity contribution >= 4 is 11.9 Å². The Kier molecular flexibility index (Phi) is 2.47. The lowest BCUT2D eigenvalue weighted by molar-refractivity contribution is -0.156. The van der Waals surface area contributed by atoms with Gasteiger partial charge >= 0.3 is 11.9 Å². The van der Waals surface area contributed by atoms with Crippen LogP contribution in [0.3, 0.4) is 0 Å². The molecule has 0 amide bonds. The standard InChI is InChI=1S/C8H10O4/c9-7(10)6(8(11)12)5-3-1-2-4-5/h1,3,5-6H,2,4H2,(H,9,10)(H,11,12)/t5-/m1/s1. The minimum Gasteiger partial charge on any atom is -0.481 e. The van der Waals surface area contributed by atoms with E-state index in [1.165, 1.54) is 0 Å². The van der Waals surface area contributed by atoms with Gasteiger partial charge in [-0.1, -0.05) is 12.2 Å². The first-order valence-corrected chi connectivity index (χ1v) is 3.75. The van der Waals surface area contributed by atoms with Gasteiger partial charge in [0.2, 0.25) is 0 Å². The number of carboxylic acids is 2. The Hall–Kier alpha value is -1.32. The van der Waals surface area contributed by atoms with Crippen molar-refractivity contribution in [2.45, 2.75) is 12.8 Å². The van der Waals surface area contributed by atoms with Crippen LogP contribution in [0.5, 0.6) is 0 Å². The summed E-state index contributed by atoms with van der Waals surface area (Å²) in [6.45, 7) is 0. The van der Waals surface area contributed by atoms with E-state index in [0.717, 1.165) is 6.42 Å². The van der Waals surface area contributed by atoms with Crippen molar-refractivity contribution in [3.63, 3.8) is 0 Å². The summed E-state index contributed by atoms with van der Waals surface area (Å²) in [4.78, 5) is 21.0. The van der Waals surface area contributed by atoms with Crippen molar-refractivity contribution in [2.24, 2.45) is 11.8 Å². The summed E-state index contributed by atoms with van der Waals surface area (Å²) < 4.78 is 0. The van der Waals surface area contributed by atoms with Gasteiger partial charge in [-0.3, -0.25) is 9.59 Å². The first-order chi connectivity index (χ1) is 5.63. The lowest BCUT2D eigenvalue weighted by atomic mass is 9.92. The molecule has 2 N–H and O–H groups in total. The molecular formula is C8H10O4. The average Bonchev–Trinajstić information content (AvgIpc) is 2.37. The van der Waals surface area contributed by atoms with Gasteiger partial charge < -0.3 is 10.2 Å². The summed E-state index contributed by atoms with van der Waals surface area (Å²) in [7, 11) is 0. The fourth-order valence-corrected chi connectivity index (χ4v) is 1.41. The van der Waals surface area contributed by atoms with Crippen molar-refractivity contribution in [3.8, 4) is 0 Å². The number of hydrogen-bond donors (Lipinski definition) is 2. The zero-order chi connectivity index (χ0) is 9.14. The smallest absolute Gasteiger partial charge is 0.318 e. The summed E-state index contributed by atoms with van der Waals surface area (Å²) in [6.07, 6.45) is 4.90. The van der Waals surface area contributed by atoms with E-state index in [2.05, 4.69) is 0 Å². The van der Waals surface area contributed by atoms with Gasteiger partial charge in [-0.05, 0) is 12.8 Å².